The van der Waals surface area contributed by atoms with Gasteiger partial charge in [0.1, 0.15) is 5.75 Å². The van der Waals surface area contributed by atoms with Gasteiger partial charge in [-0.2, -0.15) is 0 Å². The Morgan fingerprint density at radius 2 is 2.19 bits per heavy atom. The Morgan fingerprint density at radius 1 is 1.44 bits per heavy atom. The van der Waals surface area contributed by atoms with E-state index in [4.69, 9.17) is 5.73 Å². The molecule has 1 saturated heterocycles. The van der Waals surface area contributed by atoms with Crippen molar-refractivity contribution in [1.82, 2.24) is 0 Å². The summed E-state index contributed by atoms with van der Waals surface area (Å²) in [6.45, 7) is 0. The Kier molecular flexibility index (Phi) is 2.80. The average Bonchev–Trinajstić information content (AvgIpc) is 2.50. The lowest BCUT2D eigenvalue weighted by Gasteiger charge is -2.11. The number of benzene rings is 1. The fourth-order valence-electron chi connectivity index (χ4n) is 2.10. The number of nitrogens with two attached hydrogens (primary N) is 1. The fourth-order valence-corrected chi connectivity index (χ4v) is 3.96. The smallest absolute Gasteiger partial charge is 0.153 e. The van der Waals surface area contributed by atoms with Crippen molar-refractivity contribution in [3.63, 3.8) is 0 Å². The van der Waals surface area contributed by atoms with E-state index < -0.39 is 9.84 Å². The van der Waals surface area contributed by atoms with Crippen molar-refractivity contribution in [3.05, 3.63) is 23.8 Å². The number of phenolic OH excluding ortho intramolecular Hbond substituents is 1. The van der Waals surface area contributed by atoms with Gasteiger partial charge in [-0.1, -0.05) is 6.07 Å². The van der Waals surface area contributed by atoms with Crippen molar-refractivity contribution in [2.75, 3.05) is 11.5 Å². The molecule has 3 N–H and O–H groups in total. The van der Waals surface area contributed by atoms with E-state index in [1.54, 1.807) is 6.07 Å². The number of aromatic hydroxyl groups is 1. The molecule has 0 radical (unpaired) electrons. The van der Waals surface area contributed by atoms with Crippen molar-refractivity contribution in [2.24, 2.45) is 0 Å². The summed E-state index contributed by atoms with van der Waals surface area (Å²) < 4.78 is 23.3. The van der Waals surface area contributed by atoms with Crippen molar-refractivity contribution < 1.29 is 13.5 Å². The van der Waals surface area contributed by atoms with Gasteiger partial charge in [-0.3, -0.25) is 0 Å². The normalized spacial score (nSPS) is 23.4. The van der Waals surface area contributed by atoms with Gasteiger partial charge < -0.3 is 10.8 Å². The molecule has 0 aromatic heterocycles. The largest absolute Gasteiger partial charge is 0.508 e. The number of anilines is 1. The Balaban J connectivity index is 2.21. The third-order valence-corrected chi connectivity index (χ3v) is 5.32. The molecule has 1 fully saturated rings. The van der Waals surface area contributed by atoms with Crippen LogP contribution in [0, 0.1) is 0 Å². The molecular formula is C11H15NO3S. The van der Waals surface area contributed by atoms with Gasteiger partial charge in [-0.25, -0.2) is 8.42 Å². The monoisotopic (exact) mass is 241 g/mol. The fraction of sp³-hybridized carbons (Fsp3) is 0.455. The SMILES string of the molecule is Nc1cc(O)ccc1CC1CCCS1(=O)=O. The van der Waals surface area contributed by atoms with Gasteiger partial charge in [-0.15, -0.1) is 0 Å². The lowest BCUT2D eigenvalue weighted by molar-refractivity contribution is 0.475. The molecule has 2 rings (SSSR count). The highest BCUT2D eigenvalue weighted by molar-refractivity contribution is 7.92. The number of sulfone groups is 1. The second-order valence-corrected chi connectivity index (χ2v) is 6.62. The Hall–Kier alpha value is -1.23. The second-order valence-electron chi connectivity index (χ2n) is 4.22. The molecule has 1 unspecified atom stereocenters. The first-order valence-corrected chi connectivity index (χ1v) is 6.99. The lowest BCUT2D eigenvalue weighted by Crippen LogP contribution is -2.19. The zero-order chi connectivity index (χ0) is 11.8. The summed E-state index contributed by atoms with van der Waals surface area (Å²) in [5.74, 6) is 0.394. The minimum absolute atomic E-state index is 0.107. The van der Waals surface area contributed by atoms with Gasteiger partial charge >= 0.3 is 0 Å². The minimum atomic E-state index is -2.93. The van der Waals surface area contributed by atoms with Crippen LogP contribution >= 0.6 is 0 Å². The summed E-state index contributed by atoms with van der Waals surface area (Å²) in [5, 5.41) is 8.90. The van der Waals surface area contributed by atoms with E-state index in [9.17, 15) is 13.5 Å². The van der Waals surface area contributed by atoms with E-state index in [1.807, 2.05) is 0 Å². The summed E-state index contributed by atoms with van der Waals surface area (Å²) in [5.41, 5.74) is 6.99. The molecule has 1 heterocycles. The highest BCUT2D eigenvalue weighted by Crippen LogP contribution is 2.27. The zero-order valence-electron chi connectivity index (χ0n) is 8.89. The molecule has 88 valence electrons. The van der Waals surface area contributed by atoms with Crippen LogP contribution in [0.15, 0.2) is 18.2 Å². The Morgan fingerprint density at radius 3 is 2.75 bits per heavy atom. The van der Waals surface area contributed by atoms with Crippen LogP contribution in [0.1, 0.15) is 18.4 Å². The van der Waals surface area contributed by atoms with Crippen molar-refractivity contribution in [3.8, 4) is 5.75 Å². The number of hydrogen-bond acceptors (Lipinski definition) is 4. The number of phenols is 1. The van der Waals surface area contributed by atoms with Crippen molar-refractivity contribution in [2.45, 2.75) is 24.5 Å². The maximum absolute atomic E-state index is 11.7. The molecule has 0 bridgehead atoms. The number of rotatable bonds is 2. The van der Waals surface area contributed by atoms with Gasteiger partial charge in [0.2, 0.25) is 0 Å². The van der Waals surface area contributed by atoms with Crippen LogP contribution in [-0.4, -0.2) is 24.5 Å². The van der Waals surface area contributed by atoms with Crippen molar-refractivity contribution in [1.29, 1.82) is 0 Å². The highest BCUT2D eigenvalue weighted by atomic mass is 32.2. The van der Waals surface area contributed by atoms with E-state index >= 15 is 0 Å². The molecule has 1 atom stereocenters. The molecule has 0 spiro atoms. The van der Waals surface area contributed by atoms with E-state index in [2.05, 4.69) is 0 Å². The molecule has 1 aromatic rings. The van der Waals surface area contributed by atoms with Gasteiger partial charge in [0.05, 0.1) is 11.0 Å². The molecular weight excluding hydrogens is 226 g/mol. The molecule has 4 nitrogen and oxygen atoms in total. The summed E-state index contributed by atoms with van der Waals surface area (Å²) in [6.07, 6.45) is 1.90. The van der Waals surface area contributed by atoms with Crippen LogP contribution in [0.2, 0.25) is 0 Å². The van der Waals surface area contributed by atoms with Crippen LogP contribution in [0.3, 0.4) is 0 Å². The summed E-state index contributed by atoms with van der Waals surface area (Å²) in [6, 6.07) is 4.68. The third kappa shape index (κ3) is 2.14. The quantitative estimate of drug-likeness (QED) is 0.760. The van der Waals surface area contributed by atoms with Crippen LogP contribution in [0.5, 0.6) is 5.75 Å². The van der Waals surface area contributed by atoms with Crippen LogP contribution in [-0.2, 0) is 16.3 Å². The molecule has 0 saturated carbocycles. The summed E-state index contributed by atoms with van der Waals surface area (Å²) in [4.78, 5) is 0. The van der Waals surface area contributed by atoms with Gasteiger partial charge in [0, 0.05) is 11.8 Å². The minimum Gasteiger partial charge on any atom is -0.508 e. The van der Waals surface area contributed by atoms with Crippen LogP contribution < -0.4 is 5.73 Å². The first-order chi connectivity index (χ1) is 7.49. The lowest BCUT2D eigenvalue weighted by atomic mass is 10.1. The first-order valence-electron chi connectivity index (χ1n) is 5.28. The van der Waals surface area contributed by atoms with Crippen LogP contribution in [0.25, 0.3) is 0 Å². The van der Waals surface area contributed by atoms with Crippen molar-refractivity contribution >= 4 is 15.5 Å². The summed E-state index contributed by atoms with van der Waals surface area (Å²) in [7, 11) is -2.93. The first kappa shape index (κ1) is 11.3. The topological polar surface area (TPSA) is 80.4 Å². The predicted octanol–water partition coefficient (Wildman–Crippen LogP) is 1.09. The van der Waals surface area contributed by atoms with Gasteiger partial charge in [-0.05, 0) is 30.9 Å². The second kappa shape index (κ2) is 3.97. The van der Waals surface area contributed by atoms with E-state index in [1.165, 1.54) is 12.1 Å². The third-order valence-electron chi connectivity index (χ3n) is 3.04. The molecule has 1 aliphatic rings. The average molecular weight is 241 g/mol. The molecule has 1 aromatic carbocycles. The van der Waals surface area contributed by atoms with E-state index in [0.29, 0.717) is 18.5 Å². The molecule has 0 amide bonds. The van der Waals surface area contributed by atoms with Crippen LogP contribution in [0.4, 0.5) is 5.69 Å². The van der Waals surface area contributed by atoms with E-state index in [0.717, 1.165) is 12.0 Å². The summed E-state index contributed by atoms with van der Waals surface area (Å²) >= 11 is 0. The maximum atomic E-state index is 11.7. The highest BCUT2D eigenvalue weighted by Gasteiger charge is 2.31. The number of nitrogen functional groups attached to an aromatic ring is 1. The van der Waals surface area contributed by atoms with E-state index in [-0.39, 0.29) is 16.8 Å². The molecule has 0 aliphatic carbocycles. The molecule has 5 heteroatoms. The molecule has 16 heavy (non-hydrogen) atoms. The maximum Gasteiger partial charge on any atom is 0.153 e. The number of hydrogen-bond donors (Lipinski definition) is 2. The van der Waals surface area contributed by atoms with Gasteiger partial charge in [0.25, 0.3) is 0 Å². The Bertz CT molecular complexity index is 496. The standard InChI is InChI=1S/C11H15NO3S/c12-11-7-9(13)4-3-8(11)6-10-2-1-5-16(10,14)15/h3-4,7,10,13H,1-2,5-6,12H2. The Labute approximate surface area is 95.0 Å². The van der Waals surface area contributed by atoms with Gasteiger partial charge in [0.15, 0.2) is 9.84 Å². The zero-order valence-corrected chi connectivity index (χ0v) is 9.70. The predicted molar refractivity (Wildman–Crippen MR) is 63.0 cm³/mol. The molecule has 1 aliphatic heterocycles.